The van der Waals surface area contributed by atoms with E-state index in [0.717, 1.165) is 36.1 Å². The van der Waals surface area contributed by atoms with Crippen molar-refractivity contribution in [3.63, 3.8) is 0 Å². The molecule has 0 atom stereocenters. The van der Waals surface area contributed by atoms with Gasteiger partial charge in [-0.25, -0.2) is 0 Å². The third-order valence-corrected chi connectivity index (χ3v) is 7.38. The molecule has 3 amide bonds. The van der Waals surface area contributed by atoms with Crippen LogP contribution in [0, 0.1) is 5.41 Å². The van der Waals surface area contributed by atoms with E-state index < -0.39 is 0 Å². The van der Waals surface area contributed by atoms with E-state index in [2.05, 4.69) is 5.32 Å². The molecule has 0 aliphatic carbocycles. The van der Waals surface area contributed by atoms with Crippen LogP contribution in [0.5, 0.6) is 5.75 Å². The molecular weight excluding hydrogens is 478 g/mol. The second kappa shape index (κ2) is 11.2. The number of hydrogen-bond acceptors (Lipinski definition) is 4. The van der Waals surface area contributed by atoms with E-state index >= 15 is 0 Å². The summed E-state index contributed by atoms with van der Waals surface area (Å²) >= 11 is 6.05. The van der Waals surface area contributed by atoms with Crippen LogP contribution in [0.1, 0.15) is 37.3 Å². The zero-order valence-corrected chi connectivity index (χ0v) is 21.5. The topological polar surface area (TPSA) is 79.0 Å². The van der Waals surface area contributed by atoms with Gasteiger partial charge < -0.3 is 19.9 Å². The molecule has 2 heterocycles. The standard InChI is InChI=1S/C28H32ClN3O4/c1-20(33)30-25-18-23(29)8-6-22(25)7-9-26(34)32-15-12-28(19-32)10-13-31(14-11-28)27(35)17-21-4-3-5-24(16-21)36-2/h3-9,16,18H,10-15,17,19H2,1-2H3,(H,30,33). The number of likely N-dealkylation sites (tertiary alicyclic amines) is 2. The molecule has 2 aliphatic rings. The number of carbonyl (C=O) groups excluding carboxylic acids is 3. The highest BCUT2D eigenvalue weighted by atomic mass is 35.5. The van der Waals surface area contributed by atoms with E-state index in [1.165, 1.54) is 6.92 Å². The zero-order valence-electron chi connectivity index (χ0n) is 20.8. The molecule has 1 N–H and O–H groups in total. The van der Waals surface area contributed by atoms with Gasteiger partial charge in [-0.3, -0.25) is 14.4 Å². The van der Waals surface area contributed by atoms with Crippen LogP contribution in [0.15, 0.2) is 48.5 Å². The SMILES string of the molecule is COc1cccc(CC(=O)N2CCC3(CCN(C(=O)C=Cc4ccc(Cl)cc4NC(C)=O)C3)CC2)c1. The largest absolute Gasteiger partial charge is 0.497 e. The number of benzene rings is 2. The Balaban J connectivity index is 1.31. The monoisotopic (exact) mass is 509 g/mol. The Labute approximate surface area is 217 Å². The van der Waals surface area contributed by atoms with Crippen LogP contribution in [0.4, 0.5) is 5.69 Å². The van der Waals surface area contributed by atoms with Crippen molar-refractivity contribution in [1.29, 1.82) is 0 Å². The summed E-state index contributed by atoms with van der Waals surface area (Å²) in [6.07, 6.45) is 6.38. The van der Waals surface area contributed by atoms with Crippen LogP contribution in [0.2, 0.25) is 5.02 Å². The smallest absolute Gasteiger partial charge is 0.246 e. The van der Waals surface area contributed by atoms with Crippen LogP contribution in [0.25, 0.3) is 6.08 Å². The Hall–Kier alpha value is -3.32. The maximum Gasteiger partial charge on any atom is 0.246 e. The summed E-state index contributed by atoms with van der Waals surface area (Å²) in [5, 5.41) is 3.26. The number of nitrogens with zero attached hydrogens (tertiary/aromatic N) is 2. The van der Waals surface area contributed by atoms with Crippen molar-refractivity contribution in [2.75, 3.05) is 38.6 Å². The highest BCUT2D eigenvalue weighted by molar-refractivity contribution is 6.31. The number of rotatable bonds is 6. The van der Waals surface area contributed by atoms with Crippen LogP contribution in [-0.2, 0) is 20.8 Å². The minimum absolute atomic E-state index is 0.0490. The fourth-order valence-corrected chi connectivity index (χ4v) is 5.24. The average Bonchev–Trinajstić information content (AvgIpc) is 3.27. The summed E-state index contributed by atoms with van der Waals surface area (Å²) in [6, 6.07) is 12.8. The second-order valence-electron chi connectivity index (χ2n) is 9.66. The summed E-state index contributed by atoms with van der Waals surface area (Å²) in [4.78, 5) is 41.1. The fourth-order valence-electron chi connectivity index (χ4n) is 5.07. The van der Waals surface area contributed by atoms with E-state index in [4.69, 9.17) is 16.3 Å². The molecule has 2 aliphatic heterocycles. The lowest BCUT2D eigenvalue weighted by Crippen LogP contribution is -2.45. The van der Waals surface area contributed by atoms with Crippen molar-refractivity contribution in [3.05, 3.63) is 64.7 Å². The maximum absolute atomic E-state index is 12.9. The Bertz CT molecular complexity index is 1170. The molecule has 1 spiro atoms. The highest BCUT2D eigenvalue weighted by Gasteiger charge is 2.42. The first-order chi connectivity index (χ1) is 17.3. The van der Waals surface area contributed by atoms with E-state index in [9.17, 15) is 14.4 Å². The van der Waals surface area contributed by atoms with Crippen LogP contribution in [0.3, 0.4) is 0 Å². The number of nitrogens with one attached hydrogen (secondary N) is 1. The Morgan fingerprint density at radius 1 is 1.06 bits per heavy atom. The molecule has 7 nitrogen and oxygen atoms in total. The molecular formula is C28H32ClN3O4. The zero-order chi connectivity index (χ0) is 25.7. The molecule has 36 heavy (non-hydrogen) atoms. The molecule has 0 aromatic heterocycles. The minimum Gasteiger partial charge on any atom is -0.497 e. The number of hydrogen-bond donors (Lipinski definition) is 1. The van der Waals surface area contributed by atoms with Crippen molar-refractivity contribution in [2.24, 2.45) is 5.41 Å². The molecule has 0 bridgehead atoms. The first-order valence-corrected chi connectivity index (χ1v) is 12.6. The summed E-state index contributed by atoms with van der Waals surface area (Å²) in [5.41, 5.74) is 2.31. The number of methoxy groups -OCH3 is 1. The van der Waals surface area contributed by atoms with Gasteiger partial charge in [0, 0.05) is 49.9 Å². The molecule has 2 fully saturated rings. The number of ether oxygens (including phenoxy) is 1. The van der Waals surface area contributed by atoms with Crippen molar-refractivity contribution >= 4 is 41.1 Å². The molecule has 2 aromatic rings. The van der Waals surface area contributed by atoms with E-state index in [1.54, 1.807) is 37.5 Å². The maximum atomic E-state index is 12.9. The lowest BCUT2D eigenvalue weighted by atomic mass is 9.77. The van der Waals surface area contributed by atoms with Crippen molar-refractivity contribution < 1.29 is 19.1 Å². The summed E-state index contributed by atoms with van der Waals surface area (Å²) < 4.78 is 5.26. The van der Waals surface area contributed by atoms with Crippen molar-refractivity contribution in [3.8, 4) is 5.75 Å². The first kappa shape index (κ1) is 25.8. The molecule has 8 heteroatoms. The lowest BCUT2D eigenvalue weighted by Gasteiger charge is -2.39. The van der Waals surface area contributed by atoms with Crippen molar-refractivity contribution in [2.45, 2.75) is 32.6 Å². The van der Waals surface area contributed by atoms with E-state index in [0.29, 0.717) is 43.3 Å². The molecule has 2 saturated heterocycles. The van der Waals surface area contributed by atoms with Gasteiger partial charge in [0.05, 0.1) is 13.5 Å². The Morgan fingerprint density at radius 3 is 2.47 bits per heavy atom. The average molecular weight is 510 g/mol. The molecule has 0 unspecified atom stereocenters. The quantitative estimate of drug-likeness (QED) is 0.585. The third kappa shape index (κ3) is 6.26. The number of halogens is 1. The Morgan fingerprint density at radius 2 is 1.78 bits per heavy atom. The molecule has 2 aromatic carbocycles. The highest BCUT2D eigenvalue weighted by Crippen LogP contribution is 2.40. The number of amides is 3. The summed E-state index contributed by atoms with van der Waals surface area (Å²) in [6.45, 7) is 4.27. The molecule has 0 saturated carbocycles. The predicted octanol–water partition coefficient (Wildman–Crippen LogP) is 4.40. The minimum atomic E-state index is -0.201. The van der Waals surface area contributed by atoms with Crippen LogP contribution >= 0.6 is 11.6 Å². The summed E-state index contributed by atoms with van der Waals surface area (Å²) in [7, 11) is 1.62. The predicted molar refractivity (Wildman–Crippen MR) is 141 cm³/mol. The van der Waals surface area contributed by atoms with Gasteiger partial charge in [0.1, 0.15) is 5.75 Å². The lowest BCUT2D eigenvalue weighted by molar-refractivity contribution is -0.133. The third-order valence-electron chi connectivity index (χ3n) is 7.15. The molecule has 0 radical (unpaired) electrons. The number of carbonyl (C=O) groups is 3. The summed E-state index contributed by atoms with van der Waals surface area (Å²) in [5.74, 6) is 0.634. The van der Waals surface area contributed by atoms with E-state index in [1.807, 2.05) is 34.1 Å². The van der Waals surface area contributed by atoms with Gasteiger partial charge in [-0.2, -0.15) is 0 Å². The van der Waals surface area contributed by atoms with Crippen LogP contribution in [-0.4, -0.2) is 60.8 Å². The van der Waals surface area contributed by atoms with Gasteiger partial charge >= 0.3 is 0 Å². The number of piperidine rings is 1. The van der Waals surface area contributed by atoms with Gasteiger partial charge in [-0.15, -0.1) is 0 Å². The van der Waals surface area contributed by atoms with Gasteiger partial charge in [0.25, 0.3) is 0 Å². The second-order valence-corrected chi connectivity index (χ2v) is 10.1. The molecule has 4 rings (SSSR count). The molecule has 190 valence electrons. The van der Waals surface area contributed by atoms with Gasteiger partial charge in [-0.05, 0) is 66.1 Å². The van der Waals surface area contributed by atoms with Crippen molar-refractivity contribution in [1.82, 2.24) is 9.80 Å². The fraction of sp³-hybridized carbons (Fsp3) is 0.393. The normalized spacial score (nSPS) is 17.0. The Kier molecular flexibility index (Phi) is 7.99. The van der Waals surface area contributed by atoms with Crippen LogP contribution < -0.4 is 10.1 Å². The number of anilines is 1. The van der Waals surface area contributed by atoms with Gasteiger partial charge in [-0.1, -0.05) is 29.8 Å². The van der Waals surface area contributed by atoms with E-state index in [-0.39, 0.29) is 23.1 Å². The van der Waals surface area contributed by atoms with Gasteiger partial charge in [0.15, 0.2) is 0 Å². The van der Waals surface area contributed by atoms with Gasteiger partial charge in [0.2, 0.25) is 17.7 Å². The first-order valence-electron chi connectivity index (χ1n) is 12.2.